The van der Waals surface area contributed by atoms with E-state index in [-0.39, 0.29) is 19.1 Å². The van der Waals surface area contributed by atoms with Gasteiger partial charge in [-0.2, -0.15) is 0 Å². The third-order valence-electron chi connectivity index (χ3n) is 5.21. The molecule has 0 fully saturated rings. The van der Waals surface area contributed by atoms with E-state index in [1.807, 2.05) is 32.0 Å². The largest absolute Gasteiger partial charge is 0.456 e. The number of nitrogens with one attached hydrogen (secondary N) is 2. The van der Waals surface area contributed by atoms with E-state index in [4.69, 9.17) is 4.74 Å². The molecule has 0 saturated heterocycles. The van der Waals surface area contributed by atoms with Crippen LogP contribution in [-0.2, 0) is 14.3 Å². The van der Waals surface area contributed by atoms with Gasteiger partial charge in [0.15, 0.2) is 0 Å². The molecular weight excluding hydrogens is 358 g/mol. The van der Waals surface area contributed by atoms with Gasteiger partial charge in [-0.25, -0.2) is 9.59 Å². The highest BCUT2D eigenvalue weighted by molar-refractivity contribution is 5.98. The van der Waals surface area contributed by atoms with Crippen LogP contribution in [0.4, 0.5) is 4.79 Å². The summed E-state index contributed by atoms with van der Waals surface area (Å²) in [5.74, 6) is -0.234. The number of urea groups is 1. The Morgan fingerprint density at radius 2 is 2.04 bits per heavy atom. The number of amides is 3. The minimum atomic E-state index is -0.572. The topological polar surface area (TPSA) is 87.7 Å². The van der Waals surface area contributed by atoms with E-state index in [0.717, 1.165) is 23.1 Å². The lowest BCUT2D eigenvalue weighted by atomic mass is 9.93. The molecule has 1 aromatic carbocycles. The van der Waals surface area contributed by atoms with Crippen LogP contribution in [-0.4, -0.2) is 42.5 Å². The van der Waals surface area contributed by atoms with Crippen molar-refractivity contribution in [3.8, 4) is 0 Å². The predicted molar refractivity (Wildman–Crippen MR) is 104 cm³/mol. The molecule has 0 saturated carbocycles. The number of rotatable bonds is 6. The van der Waals surface area contributed by atoms with Gasteiger partial charge in [0, 0.05) is 6.54 Å². The van der Waals surface area contributed by atoms with Crippen molar-refractivity contribution >= 4 is 17.9 Å². The summed E-state index contributed by atoms with van der Waals surface area (Å²) >= 11 is 0. The van der Waals surface area contributed by atoms with Gasteiger partial charge >= 0.3 is 12.0 Å². The molecule has 1 aromatic rings. The van der Waals surface area contributed by atoms with E-state index in [1.165, 1.54) is 4.90 Å². The number of hydrogen-bond donors (Lipinski definition) is 2. The van der Waals surface area contributed by atoms with Crippen LogP contribution in [0.5, 0.6) is 0 Å². The van der Waals surface area contributed by atoms with Crippen molar-refractivity contribution in [2.24, 2.45) is 5.92 Å². The highest BCUT2D eigenvalue weighted by atomic mass is 16.5. The zero-order valence-electron chi connectivity index (χ0n) is 16.8. The SMILES string of the molecule is Cc1ccc([C@@H]2NC(=O)N(CC(=O)NCCC(C)C)C3=C2C(=O)OC3)cc1C. The van der Waals surface area contributed by atoms with Crippen LogP contribution in [0.3, 0.4) is 0 Å². The third-order valence-corrected chi connectivity index (χ3v) is 5.21. The molecule has 28 heavy (non-hydrogen) atoms. The first-order chi connectivity index (χ1) is 13.3. The number of carbonyl (C=O) groups excluding carboxylic acids is 3. The van der Waals surface area contributed by atoms with Crippen LogP contribution in [0, 0.1) is 19.8 Å². The Kier molecular flexibility index (Phi) is 5.72. The van der Waals surface area contributed by atoms with Crippen molar-refractivity contribution in [3.63, 3.8) is 0 Å². The standard InChI is InChI=1S/C21H27N3O4/c1-12(2)7-8-22-17(25)10-24-16-11-28-20(26)18(16)19(23-21(24)27)15-6-5-13(3)14(4)9-15/h5-6,9,12,19H,7-8,10-11H2,1-4H3,(H,22,25)(H,23,27)/t19-/m0/s1. The predicted octanol–water partition coefficient (Wildman–Crippen LogP) is 2.34. The fourth-order valence-electron chi connectivity index (χ4n) is 3.37. The van der Waals surface area contributed by atoms with Crippen molar-refractivity contribution in [2.45, 2.75) is 40.2 Å². The molecular formula is C21H27N3O4. The number of aryl methyl sites for hydroxylation is 2. The summed E-state index contributed by atoms with van der Waals surface area (Å²) in [5, 5.41) is 5.68. The Labute approximate surface area is 165 Å². The van der Waals surface area contributed by atoms with Gasteiger partial charge in [0.1, 0.15) is 13.2 Å². The first kappa shape index (κ1) is 19.9. The van der Waals surface area contributed by atoms with Gasteiger partial charge in [-0.1, -0.05) is 32.0 Å². The molecule has 2 aliphatic rings. The highest BCUT2D eigenvalue weighted by Gasteiger charge is 2.42. The van der Waals surface area contributed by atoms with Gasteiger partial charge in [-0.3, -0.25) is 9.69 Å². The molecule has 3 rings (SSSR count). The van der Waals surface area contributed by atoms with Crippen LogP contribution >= 0.6 is 0 Å². The summed E-state index contributed by atoms with van der Waals surface area (Å²) < 4.78 is 5.20. The van der Waals surface area contributed by atoms with E-state index in [0.29, 0.717) is 23.7 Å². The number of carbonyl (C=O) groups is 3. The lowest BCUT2D eigenvalue weighted by Gasteiger charge is -2.32. The van der Waals surface area contributed by atoms with Gasteiger partial charge in [0.25, 0.3) is 0 Å². The molecule has 1 atom stereocenters. The van der Waals surface area contributed by atoms with Crippen molar-refractivity contribution in [1.82, 2.24) is 15.5 Å². The number of esters is 1. The monoisotopic (exact) mass is 385 g/mol. The molecule has 7 heteroatoms. The number of benzene rings is 1. The van der Waals surface area contributed by atoms with E-state index < -0.39 is 18.0 Å². The first-order valence-electron chi connectivity index (χ1n) is 9.60. The second-order valence-corrected chi connectivity index (χ2v) is 7.78. The maximum atomic E-state index is 12.7. The van der Waals surface area contributed by atoms with Gasteiger partial charge in [0.2, 0.25) is 5.91 Å². The Hall–Kier alpha value is -2.83. The molecule has 3 amide bonds. The average Bonchev–Trinajstić information content (AvgIpc) is 3.01. The molecule has 2 N–H and O–H groups in total. The minimum Gasteiger partial charge on any atom is -0.456 e. The molecule has 0 radical (unpaired) electrons. The highest BCUT2D eigenvalue weighted by Crippen LogP contribution is 2.35. The minimum absolute atomic E-state index is 0.00219. The molecule has 2 heterocycles. The van der Waals surface area contributed by atoms with Crippen LogP contribution in [0.25, 0.3) is 0 Å². The number of ether oxygens (including phenoxy) is 1. The summed E-state index contributed by atoms with van der Waals surface area (Å²) in [6.45, 7) is 8.57. The van der Waals surface area contributed by atoms with Gasteiger partial charge in [-0.15, -0.1) is 0 Å². The molecule has 0 aliphatic carbocycles. The van der Waals surface area contributed by atoms with Crippen LogP contribution < -0.4 is 10.6 Å². The molecule has 7 nitrogen and oxygen atoms in total. The van der Waals surface area contributed by atoms with Gasteiger partial charge in [-0.05, 0) is 42.9 Å². The Bertz CT molecular complexity index is 844. The number of cyclic esters (lactones) is 1. The molecule has 0 spiro atoms. The molecule has 0 unspecified atom stereocenters. The number of hydrogen-bond acceptors (Lipinski definition) is 4. The maximum Gasteiger partial charge on any atom is 0.338 e. The average molecular weight is 385 g/mol. The Morgan fingerprint density at radius 3 is 2.71 bits per heavy atom. The van der Waals surface area contributed by atoms with E-state index >= 15 is 0 Å². The van der Waals surface area contributed by atoms with E-state index in [9.17, 15) is 14.4 Å². The van der Waals surface area contributed by atoms with Crippen molar-refractivity contribution in [2.75, 3.05) is 19.7 Å². The van der Waals surface area contributed by atoms with E-state index in [2.05, 4.69) is 24.5 Å². The Balaban J connectivity index is 1.83. The Morgan fingerprint density at radius 1 is 1.29 bits per heavy atom. The maximum absolute atomic E-state index is 12.7. The fraction of sp³-hybridized carbons (Fsp3) is 0.476. The summed E-state index contributed by atoms with van der Waals surface area (Å²) in [4.78, 5) is 38.7. The summed E-state index contributed by atoms with van der Waals surface area (Å²) in [5.41, 5.74) is 3.90. The summed E-state index contributed by atoms with van der Waals surface area (Å²) in [6.07, 6.45) is 0.863. The third kappa shape index (κ3) is 4.03. The summed E-state index contributed by atoms with van der Waals surface area (Å²) in [6, 6.07) is 4.85. The smallest absolute Gasteiger partial charge is 0.338 e. The molecule has 2 aliphatic heterocycles. The lowest BCUT2D eigenvalue weighted by molar-refractivity contribution is -0.136. The second kappa shape index (κ2) is 8.04. The van der Waals surface area contributed by atoms with Crippen molar-refractivity contribution in [1.29, 1.82) is 0 Å². The van der Waals surface area contributed by atoms with E-state index in [1.54, 1.807) is 0 Å². The quantitative estimate of drug-likeness (QED) is 0.736. The van der Waals surface area contributed by atoms with Crippen molar-refractivity contribution < 1.29 is 19.1 Å². The second-order valence-electron chi connectivity index (χ2n) is 7.78. The molecule has 150 valence electrons. The summed E-state index contributed by atoms with van der Waals surface area (Å²) in [7, 11) is 0. The first-order valence-corrected chi connectivity index (χ1v) is 9.60. The van der Waals surface area contributed by atoms with Crippen LogP contribution in [0.2, 0.25) is 0 Å². The molecule has 0 bridgehead atoms. The van der Waals surface area contributed by atoms with Crippen molar-refractivity contribution in [3.05, 3.63) is 46.2 Å². The van der Waals surface area contributed by atoms with Gasteiger partial charge < -0.3 is 15.4 Å². The lowest BCUT2D eigenvalue weighted by Crippen LogP contribution is -2.50. The van der Waals surface area contributed by atoms with Gasteiger partial charge in [0.05, 0.1) is 17.3 Å². The zero-order chi connectivity index (χ0) is 20.4. The normalized spacial score (nSPS) is 18.9. The fourth-order valence-corrected chi connectivity index (χ4v) is 3.37. The molecule has 0 aromatic heterocycles. The van der Waals surface area contributed by atoms with Crippen LogP contribution in [0.1, 0.15) is 43.0 Å². The van der Waals surface area contributed by atoms with Crippen LogP contribution in [0.15, 0.2) is 29.5 Å². The zero-order valence-corrected chi connectivity index (χ0v) is 16.8. The number of nitrogens with zero attached hydrogens (tertiary/aromatic N) is 1.